The minimum atomic E-state index is -4.46. The number of hydrogen-bond donors (Lipinski definition) is 2. The van der Waals surface area contributed by atoms with Gasteiger partial charge in [0.05, 0.1) is 11.3 Å². The normalized spacial score (nSPS) is 11.3. The van der Waals surface area contributed by atoms with Crippen LogP contribution < -0.4 is 10.6 Å². The molecule has 0 aliphatic carbocycles. The number of nitrogens with zero attached hydrogens (tertiary/aromatic N) is 3. The van der Waals surface area contributed by atoms with Gasteiger partial charge in [0, 0.05) is 12.1 Å². The lowest BCUT2D eigenvalue weighted by Gasteiger charge is -2.21. The Morgan fingerprint density at radius 2 is 1.70 bits per heavy atom. The molecule has 1 amide bonds. The Bertz CT molecular complexity index is 1010. The second-order valence-electron chi connectivity index (χ2n) is 6.52. The summed E-state index contributed by atoms with van der Waals surface area (Å²) in [5.74, 6) is -0.757. The zero-order chi connectivity index (χ0) is 21.7. The molecule has 2 aromatic carbocycles. The number of benzene rings is 2. The Morgan fingerprint density at radius 3 is 2.27 bits per heavy atom. The van der Waals surface area contributed by atoms with Crippen LogP contribution in [0.25, 0.3) is 11.3 Å². The van der Waals surface area contributed by atoms with Crippen LogP contribution >= 0.6 is 0 Å². The molecule has 0 radical (unpaired) electrons. The van der Waals surface area contributed by atoms with Crippen molar-refractivity contribution in [1.29, 1.82) is 0 Å². The van der Waals surface area contributed by atoms with E-state index >= 15 is 0 Å². The first kappa shape index (κ1) is 21.3. The van der Waals surface area contributed by atoms with Crippen LogP contribution in [-0.4, -0.2) is 34.3 Å². The zero-order valence-corrected chi connectivity index (χ0v) is 15.8. The average molecular weight is 416 g/mol. The fourth-order valence-corrected chi connectivity index (χ4v) is 2.82. The molecule has 1 heterocycles. The lowest BCUT2D eigenvalue weighted by atomic mass is 10.1. The molecule has 0 unspecified atom stereocenters. The summed E-state index contributed by atoms with van der Waals surface area (Å²) >= 11 is 0. The third kappa shape index (κ3) is 5.12. The van der Waals surface area contributed by atoms with E-state index in [0.29, 0.717) is 18.5 Å². The van der Waals surface area contributed by atoms with Crippen molar-refractivity contribution < 1.29 is 23.1 Å². The van der Waals surface area contributed by atoms with Crippen LogP contribution in [0.3, 0.4) is 0 Å². The summed E-state index contributed by atoms with van der Waals surface area (Å²) < 4.78 is 38.4. The SMILES string of the molecule is NC(=O)c1cc(-c2ccc(C(F)(F)F)cc2)nc(N(CO)CCc2ccccc2)n1. The first-order chi connectivity index (χ1) is 14.3. The summed E-state index contributed by atoms with van der Waals surface area (Å²) in [5, 5.41) is 9.78. The molecular weight excluding hydrogens is 397 g/mol. The standard InChI is InChI=1S/C21H19F3N4O2/c22-21(23,24)16-8-6-15(7-9-16)17-12-18(19(25)30)27-20(26-17)28(13-29)11-10-14-4-2-1-3-5-14/h1-9,12,29H,10-11,13H2,(H2,25,30). The minimum Gasteiger partial charge on any atom is -0.376 e. The van der Waals surface area contributed by atoms with E-state index in [2.05, 4.69) is 9.97 Å². The average Bonchev–Trinajstić information content (AvgIpc) is 2.74. The quantitative estimate of drug-likeness (QED) is 0.577. The summed E-state index contributed by atoms with van der Waals surface area (Å²) in [7, 11) is 0. The largest absolute Gasteiger partial charge is 0.416 e. The van der Waals surface area contributed by atoms with Crippen molar-refractivity contribution in [3.05, 3.63) is 77.5 Å². The molecule has 0 atom stereocenters. The van der Waals surface area contributed by atoms with Gasteiger partial charge in [0.15, 0.2) is 0 Å². The summed E-state index contributed by atoms with van der Waals surface area (Å²) in [6.07, 6.45) is -3.87. The van der Waals surface area contributed by atoms with E-state index in [1.165, 1.54) is 23.1 Å². The van der Waals surface area contributed by atoms with Gasteiger partial charge in [-0.15, -0.1) is 0 Å². The number of aliphatic hydroxyl groups excluding tert-OH is 1. The van der Waals surface area contributed by atoms with E-state index in [4.69, 9.17) is 5.73 Å². The van der Waals surface area contributed by atoms with Crippen molar-refractivity contribution in [3.63, 3.8) is 0 Å². The fraction of sp³-hybridized carbons (Fsp3) is 0.190. The number of anilines is 1. The number of halogens is 3. The first-order valence-electron chi connectivity index (χ1n) is 9.04. The molecule has 3 rings (SSSR count). The van der Waals surface area contributed by atoms with Crippen LogP contribution in [0.1, 0.15) is 21.6 Å². The molecule has 6 nitrogen and oxygen atoms in total. The van der Waals surface area contributed by atoms with Gasteiger partial charge in [-0.05, 0) is 30.2 Å². The number of rotatable bonds is 7. The molecule has 156 valence electrons. The van der Waals surface area contributed by atoms with Crippen molar-refractivity contribution in [1.82, 2.24) is 9.97 Å². The van der Waals surface area contributed by atoms with Crippen molar-refractivity contribution in [2.75, 3.05) is 18.2 Å². The van der Waals surface area contributed by atoms with Gasteiger partial charge in [0.25, 0.3) is 5.91 Å². The van der Waals surface area contributed by atoms with Crippen LogP contribution in [-0.2, 0) is 12.6 Å². The summed E-state index contributed by atoms with van der Waals surface area (Å²) in [6.45, 7) is -0.0588. The number of aliphatic hydroxyl groups is 1. The van der Waals surface area contributed by atoms with Gasteiger partial charge in [-0.25, -0.2) is 9.97 Å². The van der Waals surface area contributed by atoms with E-state index < -0.39 is 24.4 Å². The Morgan fingerprint density at radius 1 is 1.03 bits per heavy atom. The van der Waals surface area contributed by atoms with E-state index in [1.807, 2.05) is 30.3 Å². The van der Waals surface area contributed by atoms with E-state index in [0.717, 1.165) is 17.7 Å². The van der Waals surface area contributed by atoms with Crippen LogP contribution in [0.5, 0.6) is 0 Å². The molecule has 0 spiro atoms. The predicted molar refractivity (Wildman–Crippen MR) is 106 cm³/mol. The van der Waals surface area contributed by atoms with Crippen molar-refractivity contribution in [2.45, 2.75) is 12.6 Å². The van der Waals surface area contributed by atoms with E-state index in [-0.39, 0.29) is 17.3 Å². The highest BCUT2D eigenvalue weighted by molar-refractivity contribution is 5.92. The lowest BCUT2D eigenvalue weighted by Crippen LogP contribution is -2.29. The maximum Gasteiger partial charge on any atom is 0.416 e. The topological polar surface area (TPSA) is 92.3 Å². The van der Waals surface area contributed by atoms with Gasteiger partial charge in [0.2, 0.25) is 5.95 Å². The molecule has 30 heavy (non-hydrogen) atoms. The molecule has 0 aliphatic rings. The highest BCUT2D eigenvalue weighted by Crippen LogP contribution is 2.31. The van der Waals surface area contributed by atoms with Gasteiger partial charge < -0.3 is 15.7 Å². The van der Waals surface area contributed by atoms with Crippen LogP contribution in [0.4, 0.5) is 19.1 Å². The molecule has 3 N–H and O–H groups in total. The van der Waals surface area contributed by atoms with Gasteiger partial charge in [-0.1, -0.05) is 42.5 Å². The van der Waals surface area contributed by atoms with E-state index in [1.54, 1.807) is 0 Å². The Labute approximate surface area is 170 Å². The number of amides is 1. The molecule has 9 heteroatoms. The molecular formula is C21H19F3N4O2. The summed E-state index contributed by atoms with van der Waals surface area (Å²) in [6, 6.07) is 15.2. The Kier molecular flexibility index (Phi) is 6.31. The molecule has 1 aromatic heterocycles. The Balaban J connectivity index is 1.92. The summed E-state index contributed by atoms with van der Waals surface area (Å²) in [4.78, 5) is 21.6. The van der Waals surface area contributed by atoms with Crippen molar-refractivity contribution >= 4 is 11.9 Å². The third-order valence-corrected chi connectivity index (χ3v) is 4.44. The summed E-state index contributed by atoms with van der Waals surface area (Å²) in [5.41, 5.74) is 6.07. The van der Waals surface area contributed by atoms with Gasteiger partial charge in [-0.3, -0.25) is 4.79 Å². The van der Waals surface area contributed by atoms with Crippen molar-refractivity contribution in [2.24, 2.45) is 5.73 Å². The lowest BCUT2D eigenvalue weighted by molar-refractivity contribution is -0.137. The number of nitrogens with two attached hydrogens (primary N) is 1. The Hall–Kier alpha value is -3.46. The van der Waals surface area contributed by atoms with Crippen LogP contribution in [0.2, 0.25) is 0 Å². The third-order valence-electron chi connectivity index (χ3n) is 4.44. The second-order valence-corrected chi connectivity index (χ2v) is 6.52. The van der Waals surface area contributed by atoms with Crippen LogP contribution in [0, 0.1) is 0 Å². The predicted octanol–water partition coefficient (Wildman–Crippen LogP) is 3.26. The monoisotopic (exact) mass is 416 g/mol. The molecule has 0 saturated carbocycles. The number of alkyl halides is 3. The molecule has 0 bridgehead atoms. The first-order valence-corrected chi connectivity index (χ1v) is 9.04. The van der Waals surface area contributed by atoms with Crippen LogP contribution in [0.15, 0.2) is 60.7 Å². The minimum absolute atomic E-state index is 0.0552. The number of aromatic nitrogens is 2. The highest BCUT2D eigenvalue weighted by Gasteiger charge is 2.30. The highest BCUT2D eigenvalue weighted by atomic mass is 19.4. The second kappa shape index (κ2) is 8.91. The number of carbonyl (C=O) groups excluding carboxylic acids is 1. The number of hydrogen-bond acceptors (Lipinski definition) is 5. The molecule has 0 fully saturated rings. The van der Waals surface area contributed by atoms with Gasteiger partial charge in [-0.2, -0.15) is 13.2 Å². The zero-order valence-electron chi connectivity index (χ0n) is 15.8. The number of primary amides is 1. The van der Waals surface area contributed by atoms with Gasteiger partial charge >= 0.3 is 6.18 Å². The smallest absolute Gasteiger partial charge is 0.376 e. The van der Waals surface area contributed by atoms with E-state index in [9.17, 15) is 23.1 Å². The van der Waals surface area contributed by atoms with Gasteiger partial charge in [0.1, 0.15) is 12.4 Å². The molecule has 0 aliphatic heterocycles. The maximum absolute atomic E-state index is 12.8. The molecule has 3 aromatic rings. The maximum atomic E-state index is 12.8. The van der Waals surface area contributed by atoms with Crippen molar-refractivity contribution in [3.8, 4) is 11.3 Å². The fourth-order valence-electron chi connectivity index (χ4n) is 2.82. The number of carbonyl (C=O) groups is 1. The molecule has 0 saturated heterocycles.